The molecule has 1 aromatic rings. The monoisotopic (exact) mass is 306 g/mol. The third-order valence-corrected chi connectivity index (χ3v) is 2.78. The molecule has 0 radical (unpaired) electrons. The summed E-state index contributed by atoms with van der Waals surface area (Å²) in [5.41, 5.74) is 0.318. The number of anilines is 1. The van der Waals surface area contributed by atoms with E-state index < -0.39 is 6.09 Å². The summed E-state index contributed by atoms with van der Waals surface area (Å²) < 4.78 is 5.29. The molecule has 0 spiro atoms. The van der Waals surface area contributed by atoms with Crippen LogP contribution in [0.5, 0.6) is 5.75 Å². The van der Waals surface area contributed by atoms with Gasteiger partial charge in [0.05, 0.1) is 0 Å². The summed E-state index contributed by atoms with van der Waals surface area (Å²) >= 11 is 0. The first kappa shape index (κ1) is 18.0. The molecular weight excluding hydrogens is 280 g/mol. The number of hydrogen-bond acceptors (Lipinski definition) is 3. The SMILES string of the molecule is CC(=O)Nc1cccc(OC(=O)NC(C)(C)CC(C)(C)C)c1. The van der Waals surface area contributed by atoms with Gasteiger partial charge in [-0.1, -0.05) is 26.8 Å². The van der Waals surface area contributed by atoms with E-state index in [-0.39, 0.29) is 16.9 Å². The Balaban J connectivity index is 2.67. The molecule has 0 aromatic heterocycles. The minimum absolute atomic E-state index is 0.0993. The topological polar surface area (TPSA) is 67.4 Å². The molecule has 0 atom stereocenters. The van der Waals surface area contributed by atoms with Gasteiger partial charge in [0, 0.05) is 24.2 Å². The van der Waals surface area contributed by atoms with Gasteiger partial charge in [-0.05, 0) is 37.8 Å². The molecular formula is C17H26N2O3. The normalized spacial score (nSPS) is 11.7. The van der Waals surface area contributed by atoms with Crippen molar-refractivity contribution in [1.29, 1.82) is 0 Å². The molecule has 0 fully saturated rings. The molecule has 0 saturated heterocycles. The summed E-state index contributed by atoms with van der Waals surface area (Å²) in [6.07, 6.45) is 0.315. The van der Waals surface area contributed by atoms with E-state index in [4.69, 9.17) is 4.74 Å². The quantitative estimate of drug-likeness (QED) is 0.885. The van der Waals surface area contributed by atoms with Gasteiger partial charge in [-0.25, -0.2) is 4.79 Å². The molecule has 0 heterocycles. The highest BCUT2D eigenvalue weighted by Crippen LogP contribution is 2.27. The van der Waals surface area contributed by atoms with Crippen LogP contribution in [-0.2, 0) is 4.79 Å². The van der Waals surface area contributed by atoms with E-state index in [2.05, 4.69) is 31.4 Å². The lowest BCUT2D eigenvalue weighted by Crippen LogP contribution is -2.47. The van der Waals surface area contributed by atoms with Crippen molar-refractivity contribution in [3.63, 3.8) is 0 Å². The highest BCUT2D eigenvalue weighted by Gasteiger charge is 2.27. The molecule has 22 heavy (non-hydrogen) atoms. The maximum absolute atomic E-state index is 12.0. The van der Waals surface area contributed by atoms with Gasteiger partial charge in [-0.3, -0.25) is 4.79 Å². The van der Waals surface area contributed by atoms with E-state index in [1.807, 2.05) is 13.8 Å². The number of carbonyl (C=O) groups excluding carboxylic acids is 2. The number of hydrogen-bond donors (Lipinski definition) is 2. The van der Waals surface area contributed by atoms with Gasteiger partial charge < -0.3 is 15.4 Å². The molecule has 5 heteroatoms. The predicted octanol–water partition coefficient (Wildman–Crippen LogP) is 3.95. The zero-order valence-corrected chi connectivity index (χ0v) is 14.2. The van der Waals surface area contributed by atoms with E-state index in [9.17, 15) is 9.59 Å². The van der Waals surface area contributed by atoms with Gasteiger partial charge in [-0.2, -0.15) is 0 Å². The van der Waals surface area contributed by atoms with Crippen molar-refractivity contribution in [1.82, 2.24) is 5.32 Å². The molecule has 0 saturated carbocycles. The summed E-state index contributed by atoms with van der Waals surface area (Å²) in [5.74, 6) is 0.211. The van der Waals surface area contributed by atoms with Gasteiger partial charge in [0.25, 0.3) is 0 Å². The number of benzene rings is 1. The molecule has 1 rings (SSSR count). The Bertz CT molecular complexity index is 545. The third-order valence-electron chi connectivity index (χ3n) is 2.78. The zero-order chi connectivity index (χ0) is 17.0. The summed E-state index contributed by atoms with van der Waals surface area (Å²) in [5, 5.41) is 5.52. The Morgan fingerprint density at radius 2 is 1.77 bits per heavy atom. The standard InChI is InChI=1S/C17H26N2O3/c1-12(20)18-13-8-7-9-14(10-13)22-15(21)19-17(5,6)11-16(2,3)4/h7-10H,11H2,1-6H3,(H,18,20)(H,19,21). The average Bonchev–Trinajstić information content (AvgIpc) is 2.22. The van der Waals surface area contributed by atoms with E-state index in [1.165, 1.54) is 6.92 Å². The molecule has 0 bridgehead atoms. The second-order valence-corrected chi connectivity index (χ2v) is 7.34. The maximum Gasteiger partial charge on any atom is 0.413 e. The molecule has 2 amide bonds. The minimum atomic E-state index is -0.505. The van der Waals surface area contributed by atoms with E-state index in [0.717, 1.165) is 6.42 Å². The molecule has 0 aliphatic heterocycles. The van der Waals surface area contributed by atoms with Crippen LogP contribution in [0, 0.1) is 5.41 Å². The maximum atomic E-state index is 12.0. The largest absolute Gasteiger partial charge is 0.413 e. The smallest absolute Gasteiger partial charge is 0.410 e. The summed E-state index contributed by atoms with van der Waals surface area (Å²) in [4.78, 5) is 23.1. The number of rotatable bonds is 4. The number of carbonyl (C=O) groups is 2. The van der Waals surface area contributed by atoms with Gasteiger partial charge in [0.2, 0.25) is 5.91 Å². The Morgan fingerprint density at radius 3 is 2.32 bits per heavy atom. The summed E-state index contributed by atoms with van der Waals surface area (Å²) in [7, 11) is 0. The first-order chi connectivity index (χ1) is 9.97. The van der Waals surface area contributed by atoms with Crippen molar-refractivity contribution in [2.24, 2.45) is 5.41 Å². The van der Waals surface area contributed by atoms with Crippen LogP contribution >= 0.6 is 0 Å². The highest BCUT2D eigenvalue weighted by atomic mass is 16.6. The van der Waals surface area contributed by atoms with Crippen molar-refractivity contribution in [3.05, 3.63) is 24.3 Å². The molecule has 0 aliphatic carbocycles. The van der Waals surface area contributed by atoms with Crippen LogP contribution < -0.4 is 15.4 Å². The van der Waals surface area contributed by atoms with Crippen LogP contribution in [0.1, 0.15) is 48.0 Å². The molecule has 1 aromatic carbocycles. The molecule has 5 nitrogen and oxygen atoms in total. The van der Waals surface area contributed by atoms with Crippen molar-refractivity contribution < 1.29 is 14.3 Å². The van der Waals surface area contributed by atoms with Crippen LogP contribution in [0.15, 0.2) is 24.3 Å². The molecule has 2 N–H and O–H groups in total. The Kier molecular flexibility index (Phi) is 5.58. The van der Waals surface area contributed by atoms with Crippen LogP contribution in [0.25, 0.3) is 0 Å². The van der Waals surface area contributed by atoms with Gasteiger partial charge in [0.1, 0.15) is 5.75 Å². The number of ether oxygens (including phenoxy) is 1. The number of amides is 2. The van der Waals surface area contributed by atoms with Crippen LogP contribution in [0.2, 0.25) is 0 Å². The molecule has 0 aliphatic rings. The average molecular weight is 306 g/mol. The molecule has 0 unspecified atom stereocenters. The van der Waals surface area contributed by atoms with Crippen molar-refractivity contribution in [3.8, 4) is 5.75 Å². The van der Waals surface area contributed by atoms with E-state index >= 15 is 0 Å². The van der Waals surface area contributed by atoms with Gasteiger partial charge in [-0.15, -0.1) is 0 Å². The van der Waals surface area contributed by atoms with E-state index in [1.54, 1.807) is 24.3 Å². The third kappa shape index (κ3) is 7.11. The first-order valence-corrected chi connectivity index (χ1v) is 7.34. The second kappa shape index (κ2) is 6.81. The Labute approximate surface area is 132 Å². The van der Waals surface area contributed by atoms with Crippen LogP contribution in [0.4, 0.5) is 10.5 Å². The summed E-state index contributed by atoms with van der Waals surface area (Å²) in [6, 6.07) is 6.73. The van der Waals surface area contributed by atoms with Crippen molar-refractivity contribution in [2.45, 2.75) is 53.5 Å². The highest BCUT2D eigenvalue weighted by molar-refractivity contribution is 5.88. The first-order valence-electron chi connectivity index (χ1n) is 7.34. The molecule has 122 valence electrons. The fraction of sp³-hybridized carbons (Fsp3) is 0.529. The van der Waals surface area contributed by atoms with Crippen molar-refractivity contribution in [2.75, 3.05) is 5.32 Å². The fourth-order valence-electron chi connectivity index (χ4n) is 2.62. The minimum Gasteiger partial charge on any atom is -0.410 e. The Hall–Kier alpha value is -2.04. The van der Waals surface area contributed by atoms with Crippen LogP contribution in [0.3, 0.4) is 0 Å². The van der Waals surface area contributed by atoms with Gasteiger partial charge in [0.15, 0.2) is 0 Å². The summed E-state index contributed by atoms with van der Waals surface area (Å²) in [6.45, 7) is 11.7. The Morgan fingerprint density at radius 1 is 1.14 bits per heavy atom. The lowest BCUT2D eigenvalue weighted by Gasteiger charge is -2.32. The number of nitrogens with one attached hydrogen (secondary N) is 2. The van der Waals surface area contributed by atoms with E-state index in [0.29, 0.717) is 11.4 Å². The fourth-order valence-corrected chi connectivity index (χ4v) is 2.62. The lowest BCUT2D eigenvalue weighted by molar-refractivity contribution is -0.114. The predicted molar refractivity (Wildman–Crippen MR) is 88.1 cm³/mol. The van der Waals surface area contributed by atoms with Crippen LogP contribution in [-0.4, -0.2) is 17.5 Å². The lowest BCUT2D eigenvalue weighted by atomic mass is 9.82. The van der Waals surface area contributed by atoms with Gasteiger partial charge >= 0.3 is 6.09 Å². The second-order valence-electron chi connectivity index (χ2n) is 7.34. The van der Waals surface area contributed by atoms with Crippen molar-refractivity contribution >= 4 is 17.7 Å². The zero-order valence-electron chi connectivity index (χ0n) is 14.2.